The SMILES string of the molecule is CCNC(c1ccc(Cl)c(Cl)c1)C1CCOC1CC. The Kier molecular flexibility index (Phi) is 5.52. The zero-order chi connectivity index (χ0) is 13.8. The lowest BCUT2D eigenvalue weighted by Gasteiger charge is -2.28. The maximum absolute atomic E-state index is 6.14. The molecule has 3 unspecified atom stereocenters. The quantitative estimate of drug-likeness (QED) is 0.867. The van der Waals surface area contributed by atoms with Gasteiger partial charge < -0.3 is 10.1 Å². The van der Waals surface area contributed by atoms with E-state index in [0.717, 1.165) is 26.0 Å². The van der Waals surface area contributed by atoms with Crippen molar-refractivity contribution in [3.05, 3.63) is 33.8 Å². The van der Waals surface area contributed by atoms with E-state index in [4.69, 9.17) is 27.9 Å². The number of hydrogen-bond acceptors (Lipinski definition) is 2. The number of halogens is 2. The molecule has 0 amide bonds. The van der Waals surface area contributed by atoms with Crippen LogP contribution in [-0.4, -0.2) is 19.3 Å². The van der Waals surface area contributed by atoms with Crippen molar-refractivity contribution < 1.29 is 4.74 Å². The largest absolute Gasteiger partial charge is 0.378 e. The van der Waals surface area contributed by atoms with Gasteiger partial charge in [0.2, 0.25) is 0 Å². The van der Waals surface area contributed by atoms with Crippen LogP contribution in [0.4, 0.5) is 0 Å². The fourth-order valence-electron chi connectivity index (χ4n) is 2.91. The van der Waals surface area contributed by atoms with E-state index in [1.165, 1.54) is 5.56 Å². The van der Waals surface area contributed by atoms with Crippen LogP contribution in [0.25, 0.3) is 0 Å². The Morgan fingerprint density at radius 2 is 2.11 bits per heavy atom. The Bertz CT molecular complexity index is 425. The van der Waals surface area contributed by atoms with E-state index in [0.29, 0.717) is 22.1 Å². The standard InChI is InChI=1S/C15H21Cl2NO/c1-3-14-11(7-8-19-14)15(18-4-2)10-5-6-12(16)13(17)9-10/h5-6,9,11,14-15,18H,3-4,7-8H2,1-2H3. The summed E-state index contributed by atoms with van der Waals surface area (Å²) in [6, 6.07) is 6.20. The van der Waals surface area contributed by atoms with Crippen LogP contribution < -0.4 is 5.32 Å². The second-order valence-electron chi connectivity index (χ2n) is 4.98. The summed E-state index contributed by atoms with van der Waals surface area (Å²) in [5, 5.41) is 4.80. The molecule has 0 radical (unpaired) electrons. The fraction of sp³-hybridized carbons (Fsp3) is 0.600. The van der Waals surface area contributed by atoms with Crippen molar-refractivity contribution in [2.24, 2.45) is 5.92 Å². The number of ether oxygens (including phenoxy) is 1. The normalized spacial score (nSPS) is 24.6. The molecular formula is C15H21Cl2NO. The third kappa shape index (κ3) is 3.43. The van der Waals surface area contributed by atoms with Gasteiger partial charge in [0.15, 0.2) is 0 Å². The summed E-state index contributed by atoms with van der Waals surface area (Å²) in [4.78, 5) is 0. The average Bonchev–Trinajstić information content (AvgIpc) is 2.87. The van der Waals surface area contributed by atoms with Gasteiger partial charge >= 0.3 is 0 Å². The molecular weight excluding hydrogens is 281 g/mol. The molecule has 1 saturated heterocycles. The molecule has 19 heavy (non-hydrogen) atoms. The second-order valence-corrected chi connectivity index (χ2v) is 5.79. The smallest absolute Gasteiger partial charge is 0.0619 e. The van der Waals surface area contributed by atoms with Crippen LogP contribution in [0.1, 0.15) is 38.3 Å². The molecule has 0 aliphatic carbocycles. The zero-order valence-corrected chi connectivity index (χ0v) is 13.0. The molecule has 0 spiro atoms. The summed E-state index contributed by atoms with van der Waals surface area (Å²) in [6.45, 7) is 6.09. The maximum atomic E-state index is 6.14. The predicted molar refractivity (Wildman–Crippen MR) is 81.0 cm³/mol. The van der Waals surface area contributed by atoms with Crippen LogP contribution >= 0.6 is 23.2 Å². The summed E-state index contributed by atoms with van der Waals surface area (Å²) >= 11 is 12.1. The van der Waals surface area contributed by atoms with Gasteiger partial charge in [-0.15, -0.1) is 0 Å². The van der Waals surface area contributed by atoms with Crippen LogP contribution in [0, 0.1) is 5.92 Å². The van der Waals surface area contributed by atoms with E-state index in [-0.39, 0.29) is 6.04 Å². The van der Waals surface area contributed by atoms with Gasteiger partial charge in [-0.2, -0.15) is 0 Å². The van der Waals surface area contributed by atoms with E-state index in [9.17, 15) is 0 Å². The molecule has 3 atom stereocenters. The monoisotopic (exact) mass is 301 g/mol. The Hall–Kier alpha value is -0.280. The molecule has 2 rings (SSSR count). The molecule has 1 aliphatic heterocycles. The summed E-state index contributed by atoms with van der Waals surface area (Å²) in [5.74, 6) is 0.502. The topological polar surface area (TPSA) is 21.3 Å². The molecule has 1 aromatic carbocycles. The minimum Gasteiger partial charge on any atom is -0.378 e. The van der Waals surface area contributed by atoms with Gasteiger partial charge in [-0.1, -0.05) is 43.1 Å². The minimum atomic E-state index is 0.284. The first kappa shape index (κ1) is 15.1. The van der Waals surface area contributed by atoms with Gasteiger partial charge in [0.05, 0.1) is 16.1 Å². The highest BCUT2D eigenvalue weighted by Crippen LogP contribution is 2.36. The zero-order valence-electron chi connectivity index (χ0n) is 11.5. The Morgan fingerprint density at radius 1 is 1.32 bits per heavy atom. The minimum absolute atomic E-state index is 0.284. The fourth-order valence-corrected chi connectivity index (χ4v) is 3.22. The van der Waals surface area contributed by atoms with E-state index in [1.807, 2.05) is 12.1 Å². The molecule has 4 heteroatoms. The first-order valence-electron chi connectivity index (χ1n) is 6.97. The second kappa shape index (κ2) is 6.94. The Labute approximate surface area is 125 Å². The van der Waals surface area contributed by atoms with Crippen molar-refractivity contribution >= 4 is 23.2 Å². The highest BCUT2D eigenvalue weighted by molar-refractivity contribution is 6.42. The molecule has 1 heterocycles. The molecule has 106 valence electrons. The van der Waals surface area contributed by atoms with E-state index < -0.39 is 0 Å². The van der Waals surface area contributed by atoms with Gasteiger partial charge in [0, 0.05) is 18.6 Å². The van der Waals surface area contributed by atoms with Crippen LogP contribution in [0.3, 0.4) is 0 Å². The molecule has 0 aromatic heterocycles. The van der Waals surface area contributed by atoms with Crippen LogP contribution in [-0.2, 0) is 4.74 Å². The van der Waals surface area contributed by atoms with Crippen molar-refractivity contribution in [3.8, 4) is 0 Å². The highest BCUT2D eigenvalue weighted by Gasteiger charge is 2.34. The van der Waals surface area contributed by atoms with Gasteiger partial charge in [0.1, 0.15) is 0 Å². The first-order valence-corrected chi connectivity index (χ1v) is 7.72. The summed E-state index contributed by atoms with van der Waals surface area (Å²) in [6.07, 6.45) is 2.48. The van der Waals surface area contributed by atoms with Gasteiger partial charge in [-0.25, -0.2) is 0 Å². The van der Waals surface area contributed by atoms with Crippen LogP contribution in [0.15, 0.2) is 18.2 Å². The van der Waals surface area contributed by atoms with Crippen molar-refractivity contribution in [3.63, 3.8) is 0 Å². The summed E-state index contributed by atoms with van der Waals surface area (Å²) in [5.41, 5.74) is 1.20. The third-order valence-corrected chi connectivity index (χ3v) is 4.56. The van der Waals surface area contributed by atoms with E-state index in [2.05, 4.69) is 25.2 Å². The Morgan fingerprint density at radius 3 is 2.74 bits per heavy atom. The number of nitrogens with one attached hydrogen (secondary N) is 1. The van der Waals surface area contributed by atoms with Crippen LogP contribution in [0.2, 0.25) is 10.0 Å². The number of rotatable bonds is 5. The third-order valence-electron chi connectivity index (χ3n) is 3.82. The lowest BCUT2D eigenvalue weighted by molar-refractivity contribution is 0.0776. The first-order chi connectivity index (χ1) is 9.17. The van der Waals surface area contributed by atoms with Crippen molar-refractivity contribution in [2.45, 2.75) is 38.8 Å². The lowest BCUT2D eigenvalue weighted by Crippen LogP contribution is -2.32. The molecule has 0 saturated carbocycles. The summed E-state index contributed by atoms with van der Waals surface area (Å²) in [7, 11) is 0. The lowest BCUT2D eigenvalue weighted by atomic mass is 9.86. The van der Waals surface area contributed by atoms with Crippen molar-refractivity contribution in [1.29, 1.82) is 0 Å². The molecule has 2 nitrogen and oxygen atoms in total. The van der Waals surface area contributed by atoms with Gasteiger partial charge in [0.25, 0.3) is 0 Å². The predicted octanol–water partition coefficient (Wildman–Crippen LogP) is 4.46. The average molecular weight is 302 g/mol. The molecule has 1 fully saturated rings. The molecule has 1 N–H and O–H groups in total. The molecule has 1 aliphatic rings. The Balaban J connectivity index is 2.25. The van der Waals surface area contributed by atoms with Gasteiger partial charge in [-0.3, -0.25) is 0 Å². The number of hydrogen-bond donors (Lipinski definition) is 1. The van der Waals surface area contributed by atoms with E-state index in [1.54, 1.807) is 0 Å². The van der Waals surface area contributed by atoms with Crippen molar-refractivity contribution in [2.75, 3.05) is 13.2 Å². The molecule has 1 aromatic rings. The molecule has 0 bridgehead atoms. The number of benzene rings is 1. The van der Waals surface area contributed by atoms with Gasteiger partial charge in [-0.05, 0) is 37.1 Å². The highest BCUT2D eigenvalue weighted by atomic mass is 35.5. The van der Waals surface area contributed by atoms with E-state index >= 15 is 0 Å². The maximum Gasteiger partial charge on any atom is 0.0619 e. The van der Waals surface area contributed by atoms with Crippen molar-refractivity contribution in [1.82, 2.24) is 5.32 Å². The van der Waals surface area contributed by atoms with Crippen LogP contribution in [0.5, 0.6) is 0 Å². The summed E-state index contributed by atoms with van der Waals surface area (Å²) < 4.78 is 5.82.